The normalized spacial score (nSPS) is 20.0. The molecule has 0 bridgehead atoms. The molecule has 4 aliphatic rings. The van der Waals surface area contributed by atoms with E-state index in [0.717, 1.165) is 60.3 Å². The average Bonchev–Trinajstić information content (AvgIpc) is 1.67. The van der Waals surface area contributed by atoms with Crippen LogP contribution in [0.25, 0.3) is 33.4 Å². The van der Waals surface area contributed by atoms with Gasteiger partial charge in [0, 0.05) is 10.8 Å². The summed E-state index contributed by atoms with van der Waals surface area (Å²) in [6.07, 6.45) is 25.0. The van der Waals surface area contributed by atoms with Gasteiger partial charge in [-0.15, -0.1) is 0 Å². The van der Waals surface area contributed by atoms with E-state index in [1.54, 1.807) is 0 Å². The maximum absolute atomic E-state index is 6.86. The second-order valence-corrected chi connectivity index (χ2v) is 32.3. The Hall–Kier alpha value is -3.15. The first-order valence-electron chi connectivity index (χ1n) is 34.8. The second-order valence-electron chi connectivity index (χ2n) is 32.3. The predicted molar refractivity (Wildman–Crippen MR) is 364 cm³/mol. The molecule has 2 heterocycles. The van der Waals surface area contributed by atoms with Crippen molar-refractivity contribution in [2.45, 2.75) is 300 Å². The van der Waals surface area contributed by atoms with Crippen molar-refractivity contribution in [3.05, 3.63) is 95.1 Å². The highest BCUT2D eigenvalue weighted by Gasteiger charge is 2.54. The van der Waals surface area contributed by atoms with Crippen LogP contribution in [0.3, 0.4) is 0 Å². The number of fused-ring (bicyclic) bond motifs is 6. The molecule has 2 saturated heterocycles. The Kier molecular flexibility index (Phi) is 21.7. The minimum Gasteiger partial charge on any atom is -0.399 e. The van der Waals surface area contributed by atoms with E-state index >= 15 is 0 Å². The fourth-order valence-electron chi connectivity index (χ4n) is 15.0. The van der Waals surface area contributed by atoms with Gasteiger partial charge in [-0.05, 0) is 233 Å². The molecular formula is C78H120B2O4. The molecule has 4 aromatic rings. The molecule has 4 aromatic carbocycles. The maximum Gasteiger partial charge on any atom is 0.494 e. The van der Waals surface area contributed by atoms with Crippen molar-refractivity contribution in [3.63, 3.8) is 0 Å². The van der Waals surface area contributed by atoms with Gasteiger partial charge in [-0.1, -0.05) is 221 Å². The van der Waals surface area contributed by atoms with Gasteiger partial charge in [-0.2, -0.15) is 0 Å². The first kappa shape index (κ1) is 66.8. The van der Waals surface area contributed by atoms with Crippen molar-refractivity contribution in [1.82, 2.24) is 0 Å². The molecule has 2 fully saturated rings. The predicted octanol–water partition coefficient (Wildman–Crippen LogP) is 21.5. The molecule has 0 saturated carbocycles. The summed E-state index contributed by atoms with van der Waals surface area (Å²) in [6, 6.07) is 30.1. The highest BCUT2D eigenvalue weighted by molar-refractivity contribution is 6.62. The molecule has 2 aliphatic carbocycles. The Labute approximate surface area is 517 Å². The summed E-state index contributed by atoms with van der Waals surface area (Å²) in [5.41, 5.74) is 14.8. The van der Waals surface area contributed by atoms with Gasteiger partial charge in [-0.25, -0.2) is 0 Å². The van der Waals surface area contributed by atoms with Crippen LogP contribution in [0.5, 0.6) is 0 Å². The van der Waals surface area contributed by atoms with Crippen molar-refractivity contribution in [1.29, 1.82) is 0 Å². The Morgan fingerprint density at radius 3 is 0.786 bits per heavy atom. The van der Waals surface area contributed by atoms with Gasteiger partial charge in [0.2, 0.25) is 0 Å². The molecule has 0 amide bonds. The number of rotatable bonds is 31. The van der Waals surface area contributed by atoms with Crippen molar-refractivity contribution in [2.75, 3.05) is 0 Å². The summed E-state index contributed by atoms with van der Waals surface area (Å²) < 4.78 is 27.4. The van der Waals surface area contributed by atoms with E-state index in [1.807, 2.05) is 0 Å². The molecule has 2 aliphatic heterocycles. The topological polar surface area (TPSA) is 36.9 Å². The van der Waals surface area contributed by atoms with Crippen LogP contribution in [0.1, 0.15) is 289 Å². The summed E-state index contributed by atoms with van der Waals surface area (Å²) in [4.78, 5) is 0. The van der Waals surface area contributed by atoms with E-state index < -0.39 is 36.6 Å². The average molecular weight is 1140 g/mol. The smallest absolute Gasteiger partial charge is 0.399 e. The molecule has 84 heavy (non-hydrogen) atoms. The van der Waals surface area contributed by atoms with Crippen LogP contribution in [0.4, 0.5) is 0 Å². The van der Waals surface area contributed by atoms with Gasteiger partial charge in [0.05, 0.1) is 22.4 Å². The van der Waals surface area contributed by atoms with Gasteiger partial charge in [0.25, 0.3) is 0 Å². The van der Waals surface area contributed by atoms with Crippen LogP contribution >= 0.6 is 0 Å². The van der Waals surface area contributed by atoms with Crippen LogP contribution in [-0.2, 0) is 29.4 Å². The standard InChI is InChI=1S/C78H120B2O4/c1-53(2)25-21-29-57(9)41-45-77(46-42-58(10)30-22-26-54(3)4)69-49-61(33-37-65(69)67-39-35-63(51-71(67)77)79-81-73(13,14)74(15,16)82-79)62-34-38-66-68-40-36-64(80-83-75(17,18)76(19,20)84-80)52-72(68)78(70(66)50-62,47-43-59(11)31-23-27-55(5)6)48-44-60(12)32-24-28-56(7)8/h33-40,49-60H,21-32,41-48H2,1-20H3/t57-,58-,59-,60-/m0/s1. The molecule has 4 nitrogen and oxygen atoms in total. The molecule has 0 N–H and O–H groups in total. The Morgan fingerprint density at radius 1 is 0.298 bits per heavy atom. The van der Waals surface area contributed by atoms with Gasteiger partial charge in [0.1, 0.15) is 0 Å². The Balaban J connectivity index is 1.27. The third-order valence-electron chi connectivity index (χ3n) is 22.3. The van der Waals surface area contributed by atoms with E-state index in [9.17, 15) is 0 Å². The van der Waals surface area contributed by atoms with E-state index in [0.29, 0.717) is 23.7 Å². The summed E-state index contributed by atoms with van der Waals surface area (Å²) in [5.74, 6) is 5.57. The number of hydrogen-bond acceptors (Lipinski definition) is 4. The first-order valence-corrected chi connectivity index (χ1v) is 34.8. The third kappa shape index (κ3) is 14.9. The minimum atomic E-state index is -0.413. The van der Waals surface area contributed by atoms with E-state index in [4.69, 9.17) is 18.6 Å². The highest BCUT2D eigenvalue weighted by atomic mass is 16.7. The molecule has 0 spiro atoms. The Bertz CT molecular complexity index is 2530. The number of benzene rings is 4. The SMILES string of the molecule is CC(C)CCC[C@H](C)CCC1(CC[C@@H](C)CCCC(C)C)c2cc(B3OC(C)(C)C(C)(C)O3)ccc2-c2ccc(-c3ccc4c(c3)C(CC[C@@H](C)CCCC(C)C)(CC[C@@H](C)CCCC(C)C)c3cc(B5OC(C)(C)C(C)(C)O5)ccc3-4)cc21. The third-order valence-corrected chi connectivity index (χ3v) is 22.3. The molecule has 6 heteroatoms. The molecule has 0 aromatic heterocycles. The van der Waals surface area contributed by atoms with Gasteiger partial charge in [-0.3, -0.25) is 0 Å². The fraction of sp³-hybridized carbons (Fsp3) is 0.692. The summed E-state index contributed by atoms with van der Waals surface area (Å²) in [6.45, 7) is 46.8. The first-order chi connectivity index (χ1) is 39.5. The quantitative estimate of drug-likeness (QED) is 0.0471. The van der Waals surface area contributed by atoms with Gasteiger partial charge < -0.3 is 18.6 Å². The zero-order valence-corrected chi connectivity index (χ0v) is 57.5. The Morgan fingerprint density at radius 2 is 0.536 bits per heavy atom. The van der Waals surface area contributed by atoms with E-state index in [2.05, 4.69) is 211 Å². The van der Waals surface area contributed by atoms with Crippen LogP contribution in [0.2, 0.25) is 0 Å². The van der Waals surface area contributed by atoms with Crippen LogP contribution in [0.15, 0.2) is 72.8 Å². The molecule has 462 valence electrons. The van der Waals surface area contributed by atoms with Crippen LogP contribution in [0, 0.1) is 47.3 Å². The van der Waals surface area contributed by atoms with Crippen molar-refractivity contribution < 1.29 is 18.6 Å². The molecule has 0 unspecified atom stereocenters. The molecule has 0 radical (unpaired) electrons. The van der Waals surface area contributed by atoms with Crippen LogP contribution < -0.4 is 10.9 Å². The van der Waals surface area contributed by atoms with Crippen molar-refractivity contribution in [2.24, 2.45) is 47.3 Å². The molecule has 4 atom stereocenters. The molecular weight excluding hydrogens is 1020 g/mol. The molecule has 8 rings (SSSR count). The lowest BCUT2D eigenvalue weighted by Gasteiger charge is -2.36. The fourth-order valence-corrected chi connectivity index (χ4v) is 15.0. The lowest BCUT2D eigenvalue weighted by molar-refractivity contribution is 0.00578. The summed E-state index contributed by atoms with van der Waals surface area (Å²) >= 11 is 0. The summed E-state index contributed by atoms with van der Waals surface area (Å²) in [7, 11) is -0.811. The largest absolute Gasteiger partial charge is 0.494 e. The van der Waals surface area contributed by atoms with E-state index in [1.165, 1.54) is 158 Å². The zero-order valence-electron chi connectivity index (χ0n) is 57.5. The lowest BCUT2D eigenvalue weighted by Crippen LogP contribution is -2.41. The lowest BCUT2D eigenvalue weighted by atomic mass is 9.66. The highest BCUT2D eigenvalue weighted by Crippen LogP contribution is 2.58. The van der Waals surface area contributed by atoms with Gasteiger partial charge >= 0.3 is 14.2 Å². The van der Waals surface area contributed by atoms with Crippen molar-refractivity contribution >= 4 is 25.2 Å². The monoisotopic (exact) mass is 1140 g/mol. The second kappa shape index (κ2) is 27.3. The zero-order chi connectivity index (χ0) is 61.2. The van der Waals surface area contributed by atoms with Crippen LogP contribution in [-0.4, -0.2) is 36.6 Å². The van der Waals surface area contributed by atoms with E-state index in [-0.39, 0.29) is 10.8 Å². The van der Waals surface area contributed by atoms with Crippen molar-refractivity contribution in [3.8, 4) is 33.4 Å². The number of hydrogen-bond donors (Lipinski definition) is 0. The maximum atomic E-state index is 6.86. The van der Waals surface area contributed by atoms with Gasteiger partial charge in [0.15, 0.2) is 0 Å². The minimum absolute atomic E-state index is 0.142. The summed E-state index contributed by atoms with van der Waals surface area (Å²) in [5, 5.41) is 0.